The first kappa shape index (κ1) is 8.94. The molecule has 1 nitrogen and oxygen atoms in total. The Bertz CT molecular complexity index is 728. The Balaban J connectivity index is 2.17. The van der Waals surface area contributed by atoms with Gasteiger partial charge in [0.15, 0.2) is 0 Å². The summed E-state index contributed by atoms with van der Waals surface area (Å²) in [5, 5.41) is 2.65. The molecular formula is C16H11N. The van der Waals surface area contributed by atoms with Crippen molar-refractivity contribution in [1.82, 2.24) is 4.98 Å². The molecule has 1 aliphatic rings. The van der Waals surface area contributed by atoms with Gasteiger partial charge in [-0.3, -0.25) is 4.98 Å². The predicted octanol–water partition coefficient (Wildman–Crippen LogP) is 3.81. The van der Waals surface area contributed by atoms with Crippen molar-refractivity contribution in [2.24, 2.45) is 0 Å². The van der Waals surface area contributed by atoms with Gasteiger partial charge in [-0.05, 0) is 39.9 Å². The van der Waals surface area contributed by atoms with Gasteiger partial charge in [-0.2, -0.15) is 0 Å². The molecule has 0 unspecified atom stereocenters. The minimum Gasteiger partial charge on any atom is -0.264 e. The van der Waals surface area contributed by atoms with Gasteiger partial charge in [-0.1, -0.05) is 36.4 Å². The minimum absolute atomic E-state index is 1.04. The smallest absolute Gasteiger partial charge is 0.0349 e. The first-order valence-electron chi connectivity index (χ1n) is 5.87. The maximum atomic E-state index is 4.26. The molecule has 0 atom stereocenters. The summed E-state index contributed by atoms with van der Waals surface area (Å²) in [5.41, 5.74) is 5.50. The fourth-order valence-electron chi connectivity index (χ4n) is 2.79. The Labute approximate surface area is 99.7 Å². The second-order valence-corrected chi connectivity index (χ2v) is 4.53. The maximum Gasteiger partial charge on any atom is 0.0349 e. The average molecular weight is 217 g/mol. The summed E-state index contributed by atoms with van der Waals surface area (Å²) in [4.78, 5) is 4.26. The van der Waals surface area contributed by atoms with E-state index in [1.54, 1.807) is 0 Å². The van der Waals surface area contributed by atoms with E-state index in [4.69, 9.17) is 0 Å². The first-order valence-corrected chi connectivity index (χ1v) is 5.87. The summed E-state index contributed by atoms with van der Waals surface area (Å²) in [6.45, 7) is 0. The molecule has 0 spiro atoms. The van der Waals surface area contributed by atoms with Crippen molar-refractivity contribution in [3.8, 4) is 11.1 Å². The zero-order valence-corrected chi connectivity index (χ0v) is 9.35. The predicted molar refractivity (Wildman–Crippen MR) is 70.0 cm³/mol. The molecular weight excluding hydrogens is 206 g/mol. The van der Waals surface area contributed by atoms with Crippen molar-refractivity contribution in [2.45, 2.75) is 6.42 Å². The lowest BCUT2D eigenvalue weighted by Crippen LogP contribution is -1.82. The van der Waals surface area contributed by atoms with Crippen molar-refractivity contribution in [2.75, 3.05) is 0 Å². The second-order valence-electron chi connectivity index (χ2n) is 4.53. The van der Waals surface area contributed by atoms with Crippen LogP contribution in [0.5, 0.6) is 0 Å². The molecule has 2 aromatic carbocycles. The Hall–Kier alpha value is -2.15. The highest BCUT2D eigenvalue weighted by atomic mass is 14.6. The van der Waals surface area contributed by atoms with E-state index in [1.807, 2.05) is 12.4 Å². The van der Waals surface area contributed by atoms with E-state index in [1.165, 1.54) is 33.0 Å². The fraction of sp³-hybridized carbons (Fsp3) is 0.0625. The number of nitrogens with zero attached hydrogens (tertiary/aromatic N) is 1. The molecule has 0 amide bonds. The highest BCUT2D eigenvalue weighted by Gasteiger charge is 2.19. The Morgan fingerprint density at radius 1 is 0.882 bits per heavy atom. The van der Waals surface area contributed by atoms with Crippen molar-refractivity contribution in [3.05, 3.63) is 66.0 Å². The van der Waals surface area contributed by atoms with Gasteiger partial charge in [0.1, 0.15) is 0 Å². The number of aromatic nitrogens is 1. The third kappa shape index (κ3) is 1.17. The third-order valence-electron chi connectivity index (χ3n) is 3.58. The topological polar surface area (TPSA) is 12.9 Å². The molecule has 0 fully saturated rings. The molecule has 17 heavy (non-hydrogen) atoms. The molecule has 1 aliphatic carbocycles. The van der Waals surface area contributed by atoms with E-state index in [9.17, 15) is 0 Å². The number of pyridine rings is 1. The fourth-order valence-corrected chi connectivity index (χ4v) is 2.79. The van der Waals surface area contributed by atoms with Gasteiger partial charge < -0.3 is 0 Å². The third-order valence-corrected chi connectivity index (χ3v) is 3.58. The lowest BCUT2D eigenvalue weighted by atomic mass is 9.99. The van der Waals surface area contributed by atoms with Crippen LogP contribution in [-0.4, -0.2) is 4.98 Å². The van der Waals surface area contributed by atoms with Gasteiger partial charge in [-0.25, -0.2) is 0 Å². The van der Waals surface area contributed by atoms with Gasteiger partial charge >= 0.3 is 0 Å². The minimum atomic E-state index is 1.04. The first-order chi connectivity index (χ1) is 8.43. The largest absolute Gasteiger partial charge is 0.264 e. The molecule has 0 radical (unpaired) electrons. The number of hydrogen-bond donors (Lipinski definition) is 0. The summed E-state index contributed by atoms with van der Waals surface area (Å²) in [5.74, 6) is 0. The lowest BCUT2D eigenvalue weighted by Gasteiger charge is -2.05. The van der Waals surface area contributed by atoms with E-state index in [0.29, 0.717) is 0 Å². The Morgan fingerprint density at radius 3 is 2.82 bits per heavy atom. The van der Waals surface area contributed by atoms with E-state index in [0.717, 1.165) is 6.42 Å². The quantitative estimate of drug-likeness (QED) is 0.436. The van der Waals surface area contributed by atoms with Crippen molar-refractivity contribution in [3.63, 3.8) is 0 Å². The number of hydrogen-bond acceptors (Lipinski definition) is 1. The normalized spacial score (nSPS) is 12.5. The summed E-state index contributed by atoms with van der Waals surface area (Å²) in [6.07, 6.45) is 4.92. The van der Waals surface area contributed by atoms with Crippen LogP contribution in [0.15, 0.2) is 54.9 Å². The monoisotopic (exact) mass is 217 g/mol. The molecule has 0 bridgehead atoms. The molecule has 4 rings (SSSR count). The van der Waals surface area contributed by atoms with E-state index in [2.05, 4.69) is 47.4 Å². The SMILES string of the molecule is c1ccc2c3c(ccc2c1)Cc1ccncc1-3. The maximum absolute atomic E-state index is 4.26. The van der Waals surface area contributed by atoms with Gasteiger partial charge in [0.2, 0.25) is 0 Å². The molecule has 0 saturated carbocycles. The van der Waals surface area contributed by atoms with E-state index in [-0.39, 0.29) is 0 Å². The molecule has 1 heteroatoms. The molecule has 80 valence electrons. The van der Waals surface area contributed by atoms with Crippen LogP contribution in [0.25, 0.3) is 21.9 Å². The van der Waals surface area contributed by atoms with Crippen LogP contribution >= 0.6 is 0 Å². The molecule has 0 saturated heterocycles. The average Bonchev–Trinajstić information content (AvgIpc) is 2.77. The van der Waals surface area contributed by atoms with Crippen molar-refractivity contribution < 1.29 is 0 Å². The summed E-state index contributed by atoms with van der Waals surface area (Å²) in [7, 11) is 0. The molecule has 1 heterocycles. The van der Waals surface area contributed by atoms with Crippen molar-refractivity contribution >= 4 is 10.8 Å². The number of rotatable bonds is 0. The van der Waals surface area contributed by atoms with Crippen LogP contribution in [0.3, 0.4) is 0 Å². The van der Waals surface area contributed by atoms with Crippen LogP contribution < -0.4 is 0 Å². The van der Waals surface area contributed by atoms with Gasteiger partial charge in [0.25, 0.3) is 0 Å². The number of benzene rings is 2. The summed E-state index contributed by atoms with van der Waals surface area (Å²) >= 11 is 0. The van der Waals surface area contributed by atoms with E-state index >= 15 is 0 Å². The highest BCUT2D eigenvalue weighted by Crippen LogP contribution is 2.40. The van der Waals surface area contributed by atoms with Crippen LogP contribution in [0, 0.1) is 0 Å². The Kier molecular flexibility index (Phi) is 1.67. The standard InChI is InChI=1S/C16H11N/c1-2-4-14-11(3-1)5-6-13-9-12-7-8-17-10-15(12)16(13)14/h1-8,10H,9H2. The van der Waals surface area contributed by atoms with Gasteiger partial charge in [0.05, 0.1) is 0 Å². The molecule has 0 N–H and O–H groups in total. The van der Waals surface area contributed by atoms with Crippen LogP contribution in [0.4, 0.5) is 0 Å². The van der Waals surface area contributed by atoms with Crippen LogP contribution in [0.1, 0.15) is 11.1 Å². The second kappa shape index (κ2) is 3.17. The van der Waals surface area contributed by atoms with E-state index < -0.39 is 0 Å². The van der Waals surface area contributed by atoms with Crippen molar-refractivity contribution in [1.29, 1.82) is 0 Å². The van der Waals surface area contributed by atoms with Gasteiger partial charge in [-0.15, -0.1) is 0 Å². The highest BCUT2D eigenvalue weighted by molar-refractivity contribution is 6.00. The summed E-state index contributed by atoms with van der Waals surface area (Å²) in [6, 6.07) is 15.2. The zero-order valence-electron chi connectivity index (χ0n) is 9.35. The summed E-state index contributed by atoms with van der Waals surface area (Å²) < 4.78 is 0. The van der Waals surface area contributed by atoms with Crippen LogP contribution in [-0.2, 0) is 6.42 Å². The molecule has 3 aromatic rings. The zero-order chi connectivity index (χ0) is 11.2. The Morgan fingerprint density at radius 2 is 1.82 bits per heavy atom. The van der Waals surface area contributed by atoms with Gasteiger partial charge in [0, 0.05) is 18.0 Å². The van der Waals surface area contributed by atoms with Crippen LogP contribution in [0.2, 0.25) is 0 Å². The molecule has 0 aliphatic heterocycles. The lowest BCUT2D eigenvalue weighted by molar-refractivity contribution is 1.23. The number of fused-ring (bicyclic) bond motifs is 5. The molecule has 1 aromatic heterocycles.